The minimum Gasteiger partial charge on any atom is -0.444 e. The van der Waals surface area contributed by atoms with Crippen molar-refractivity contribution in [2.45, 2.75) is 64.1 Å². The van der Waals surface area contributed by atoms with Crippen molar-refractivity contribution in [3.05, 3.63) is 0 Å². The van der Waals surface area contributed by atoms with Crippen molar-refractivity contribution in [2.24, 2.45) is 5.73 Å². The zero-order valence-corrected chi connectivity index (χ0v) is 13.3. The molecule has 5 heteroatoms. The van der Waals surface area contributed by atoms with E-state index in [1.807, 2.05) is 25.7 Å². The molecule has 2 rings (SSSR count). The number of likely N-dealkylation sites (tertiary alicyclic amines) is 2. The molecule has 0 aromatic heterocycles. The van der Waals surface area contributed by atoms with Crippen molar-refractivity contribution in [3.63, 3.8) is 0 Å². The van der Waals surface area contributed by atoms with Gasteiger partial charge in [0.1, 0.15) is 5.60 Å². The van der Waals surface area contributed by atoms with Crippen molar-refractivity contribution >= 4 is 6.09 Å². The highest BCUT2D eigenvalue weighted by Gasteiger charge is 2.49. The van der Waals surface area contributed by atoms with Crippen LogP contribution < -0.4 is 5.73 Å². The van der Waals surface area contributed by atoms with E-state index in [9.17, 15) is 4.79 Å². The second-order valence-electron chi connectivity index (χ2n) is 7.08. The predicted molar refractivity (Wildman–Crippen MR) is 79.6 cm³/mol. The molecule has 0 saturated carbocycles. The number of piperidine rings is 1. The Kier molecular flexibility index (Phi) is 4.30. The monoisotopic (exact) mass is 283 g/mol. The minimum absolute atomic E-state index is 0.0378. The first-order valence-electron chi connectivity index (χ1n) is 7.77. The highest BCUT2D eigenvalue weighted by molar-refractivity contribution is 5.68. The fourth-order valence-electron chi connectivity index (χ4n) is 3.60. The second-order valence-corrected chi connectivity index (χ2v) is 7.08. The largest absolute Gasteiger partial charge is 0.444 e. The van der Waals surface area contributed by atoms with Gasteiger partial charge in [-0.15, -0.1) is 0 Å². The molecule has 2 unspecified atom stereocenters. The number of ether oxygens (including phenoxy) is 1. The van der Waals surface area contributed by atoms with Crippen molar-refractivity contribution in [2.75, 3.05) is 26.2 Å². The molecule has 2 aliphatic heterocycles. The summed E-state index contributed by atoms with van der Waals surface area (Å²) in [6.07, 6.45) is 2.91. The van der Waals surface area contributed by atoms with Gasteiger partial charge in [0.25, 0.3) is 0 Å². The summed E-state index contributed by atoms with van der Waals surface area (Å²) < 4.78 is 5.51. The molecule has 2 heterocycles. The molecule has 2 atom stereocenters. The van der Waals surface area contributed by atoms with E-state index in [0.717, 1.165) is 38.9 Å². The average Bonchev–Trinajstić information content (AvgIpc) is 2.64. The van der Waals surface area contributed by atoms with Crippen molar-refractivity contribution < 1.29 is 9.53 Å². The maximum Gasteiger partial charge on any atom is 0.410 e. The second kappa shape index (κ2) is 5.53. The van der Waals surface area contributed by atoms with Gasteiger partial charge in [-0.1, -0.05) is 6.92 Å². The Morgan fingerprint density at radius 2 is 2.10 bits per heavy atom. The molecule has 5 nitrogen and oxygen atoms in total. The summed E-state index contributed by atoms with van der Waals surface area (Å²) in [5.74, 6) is 0. The molecule has 2 saturated heterocycles. The highest BCUT2D eigenvalue weighted by Crippen LogP contribution is 2.36. The van der Waals surface area contributed by atoms with Gasteiger partial charge in [-0.05, 0) is 46.6 Å². The van der Waals surface area contributed by atoms with Crippen LogP contribution in [0.1, 0.15) is 47.0 Å². The van der Waals surface area contributed by atoms with E-state index < -0.39 is 5.60 Å². The summed E-state index contributed by atoms with van der Waals surface area (Å²) in [6.45, 7) is 11.4. The normalized spacial score (nSPS) is 31.9. The summed E-state index contributed by atoms with van der Waals surface area (Å²) >= 11 is 0. The number of carbonyl (C=O) groups excluding carboxylic acids is 1. The Bertz CT molecular complexity index is 367. The van der Waals surface area contributed by atoms with E-state index >= 15 is 0 Å². The van der Waals surface area contributed by atoms with E-state index in [1.54, 1.807) is 0 Å². The molecular formula is C15H29N3O2. The lowest BCUT2D eigenvalue weighted by Gasteiger charge is -2.47. The molecular weight excluding hydrogens is 254 g/mol. The van der Waals surface area contributed by atoms with Gasteiger partial charge >= 0.3 is 6.09 Å². The van der Waals surface area contributed by atoms with Crippen LogP contribution in [-0.4, -0.2) is 59.3 Å². The van der Waals surface area contributed by atoms with Gasteiger partial charge in [0.05, 0.1) is 5.54 Å². The van der Waals surface area contributed by atoms with E-state index in [1.165, 1.54) is 0 Å². The molecule has 0 aromatic rings. The molecule has 20 heavy (non-hydrogen) atoms. The standard InChI is InChI=1S/C15H29N3O2/c1-5-18-10-7-12(16)15(18)8-6-9-17(11-15)13(19)20-14(2,3)4/h12H,5-11,16H2,1-4H3. The fraction of sp³-hybridized carbons (Fsp3) is 0.933. The Hall–Kier alpha value is -0.810. The number of rotatable bonds is 1. The molecule has 2 fully saturated rings. The number of amides is 1. The molecule has 2 aliphatic rings. The van der Waals surface area contributed by atoms with E-state index in [-0.39, 0.29) is 17.7 Å². The maximum atomic E-state index is 12.3. The predicted octanol–water partition coefficient (Wildman–Crippen LogP) is 1.81. The van der Waals surface area contributed by atoms with Crippen LogP contribution in [0.4, 0.5) is 4.79 Å². The van der Waals surface area contributed by atoms with Gasteiger partial charge in [0, 0.05) is 25.7 Å². The minimum atomic E-state index is -0.441. The van der Waals surface area contributed by atoms with Crippen LogP contribution in [0.15, 0.2) is 0 Å². The van der Waals surface area contributed by atoms with Crippen LogP contribution in [0, 0.1) is 0 Å². The van der Waals surface area contributed by atoms with Crippen LogP contribution in [0.3, 0.4) is 0 Å². The number of hydrogen-bond donors (Lipinski definition) is 1. The van der Waals surface area contributed by atoms with Gasteiger partial charge in [-0.3, -0.25) is 4.90 Å². The lowest BCUT2D eigenvalue weighted by molar-refractivity contribution is -0.00705. The van der Waals surface area contributed by atoms with Crippen molar-refractivity contribution in [1.82, 2.24) is 9.80 Å². The van der Waals surface area contributed by atoms with Crippen molar-refractivity contribution in [1.29, 1.82) is 0 Å². The number of nitrogens with zero attached hydrogens (tertiary/aromatic N) is 2. The van der Waals surface area contributed by atoms with Gasteiger partial charge < -0.3 is 15.4 Å². The Morgan fingerprint density at radius 3 is 2.70 bits per heavy atom. The molecule has 116 valence electrons. The summed E-state index contributed by atoms with van der Waals surface area (Å²) in [4.78, 5) is 16.6. The number of carbonyl (C=O) groups is 1. The Balaban J connectivity index is 2.10. The Labute approximate surface area is 122 Å². The lowest BCUT2D eigenvalue weighted by atomic mass is 9.83. The van der Waals surface area contributed by atoms with E-state index in [0.29, 0.717) is 6.54 Å². The average molecular weight is 283 g/mol. The third-order valence-corrected chi connectivity index (χ3v) is 4.57. The van der Waals surface area contributed by atoms with Crippen LogP contribution >= 0.6 is 0 Å². The van der Waals surface area contributed by atoms with Crippen LogP contribution in [0.25, 0.3) is 0 Å². The SMILES string of the molecule is CCN1CCC(N)C12CCCN(C(=O)OC(C)(C)C)C2. The molecule has 0 aliphatic carbocycles. The summed E-state index contributed by atoms with van der Waals surface area (Å²) in [7, 11) is 0. The molecule has 2 N–H and O–H groups in total. The topological polar surface area (TPSA) is 58.8 Å². The van der Waals surface area contributed by atoms with Crippen LogP contribution in [-0.2, 0) is 4.74 Å². The van der Waals surface area contributed by atoms with E-state index in [2.05, 4.69) is 11.8 Å². The Morgan fingerprint density at radius 1 is 1.40 bits per heavy atom. The zero-order valence-electron chi connectivity index (χ0n) is 13.3. The number of hydrogen-bond acceptors (Lipinski definition) is 4. The number of nitrogens with two attached hydrogens (primary N) is 1. The first kappa shape index (κ1) is 15.6. The van der Waals surface area contributed by atoms with Gasteiger partial charge in [0.2, 0.25) is 0 Å². The fourth-order valence-corrected chi connectivity index (χ4v) is 3.60. The number of likely N-dealkylation sites (N-methyl/N-ethyl adjacent to an activating group) is 1. The van der Waals surface area contributed by atoms with Crippen molar-refractivity contribution in [3.8, 4) is 0 Å². The maximum absolute atomic E-state index is 12.3. The van der Waals surface area contributed by atoms with Crippen LogP contribution in [0.5, 0.6) is 0 Å². The molecule has 0 aromatic carbocycles. The zero-order chi connectivity index (χ0) is 15.0. The van der Waals surface area contributed by atoms with Gasteiger partial charge in [-0.25, -0.2) is 4.79 Å². The molecule has 0 radical (unpaired) electrons. The third-order valence-electron chi connectivity index (χ3n) is 4.57. The van der Waals surface area contributed by atoms with Gasteiger partial charge in [0.15, 0.2) is 0 Å². The summed E-state index contributed by atoms with van der Waals surface area (Å²) in [6, 6.07) is 0.160. The first-order chi connectivity index (χ1) is 9.28. The third kappa shape index (κ3) is 2.93. The van der Waals surface area contributed by atoms with E-state index in [4.69, 9.17) is 10.5 Å². The quantitative estimate of drug-likeness (QED) is 0.797. The summed E-state index contributed by atoms with van der Waals surface area (Å²) in [5, 5.41) is 0. The smallest absolute Gasteiger partial charge is 0.410 e. The molecule has 1 amide bonds. The summed E-state index contributed by atoms with van der Waals surface area (Å²) in [5.41, 5.74) is 5.90. The molecule has 0 bridgehead atoms. The first-order valence-corrected chi connectivity index (χ1v) is 7.77. The molecule has 1 spiro atoms. The highest BCUT2D eigenvalue weighted by atomic mass is 16.6. The lowest BCUT2D eigenvalue weighted by Crippen LogP contribution is -2.63. The van der Waals surface area contributed by atoms with Crippen LogP contribution in [0.2, 0.25) is 0 Å². The van der Waals surface area contributed by atoms with Gasteiger partial charge in [-0.2, -0.15) is 0 Å².